The van der Waals surface area contributed by atoms with Crippen molar-refractivity contribution in [1.82, 2.24) is 6.15 Å². The summed E-state index contributed by atoms with van der Waals surface area (Å²) in [6.45, 7) is 34.3. The molecule has 0 aromatic rings. The van der Waals surface area contributed by atoms with Crippen molar-refractivity contribution in [3.8, 4) is 0 Å². The van der Waals surface area contributed by atoms with Gasteiger partial charge in [0.25, 0.3) is 0 Å². The van der Waals surface area contributed by atoms with E-state index in [1.165, 1.54) is 56.9 Å². The molecule has 0 saturated heterocycles. The van der Waals surface area contributed by atoms with Gasteiger partial charge in [-0.05, 0) is 60.9 Å². The topological polar surface area (TPSA) is 198 Å². The van der Waals surface area contributed by atoms with Gasteiger partial charge in [0.05, 0.1) is 19.8 Å². The molecular weight excluding hydrogens is 1160 g/mol. The van der Waals surface area contributed by atoms with Crippen LogP contribution in [-0.2, 0) is 81.7 Å². The number of hydrogen-bond acceptors (Lipinski definition) is 20. The minimum Gasteiger partial charge on any atom is -0.793 e. The van der Waals surface area contributed by atoms with E-state index in [1.807, 2.05) is 55.4 Å². The van der Waals surface area contributed by atoms with E-state index in [9.17, 15) is 24.5 Å². The summed E-state index contributed by atoms with van der Waals surface area (Å²) in [5.41, 5.74) is -13.8. The molecule has 0 aliphatic heterocycles. The predicted molar refractivity (Wildman–Crippen MR) is 281 cm³/mol. The summed E-state index contributed by atoms with van der Waals surface area (Å²) >= 11 is 30.1. The van der Waals surface area contributed by atoms with Gasteiger partial charge < -0.3 is 53.2 Å². The monoisotopic (exact) mass is 1240 g/mol. The van der Waals surface area contributed by atoms with Crippen LogP contribution in [0, 0.1) is 35.5 Å². The summed E-state index contributed by atoms with van der Waals surface area (Å²) in [6.07, 6.45) is 0. The summed E-state index contributed by atoms with van der Waals surface area (Å²) < 4.78 is 25.1. The first-order chi connectivity index (χ1) is 25.7. The van der Waals surface area contributed by atoms with Gasteiger partial charge in [0.15, 0.2) is 0 Å². The first-order valence-electron chi connectivity index (χ1n) is 18.7. The minimum absolute atomic E-state index is 0. The van der Waals surface area contributed by atoms with E-state index in [-0.39, 0.29) is 168 Å². The molecule has 5 unspecified atom stereocenters. The third-order valence-corrected chi connectivity index (χ3v) is 27.2. The van der Waals surface area contributed by atoms with Crippen molar-refractivity contribution in [3.05, 3.63) is 0 Å². The molecule has 0 bridgehead atoms. The van der Waals surface area contributed by atoms with Gasteiger partial charge in [-0.3, -0.25) is 0 Å². The van der Waals surface area contributed by atoms with Crippen LogP contribution in [-0.4, -0.2) is 61.8 Å². The van der Waals surface area contributed by atoms with Crippen molar-refractivity contribution in [2.24, 2.45) is 35.5 Å². The van der Waals surface area contributed by atoms with Crippen LogP contribution >= 0.6 is 85.4 Å². The average Bonchev–Trinajstić information content (AvgIpc) is 3.04. The molecule has 11 nitrogen and oxygen atoms in total. The van der Waals surface area contributed by atoms with Crippen molar-refractivity contribution < 1.29 is 209 Å². The van der Waals surface area contributed by atoms with Crippen molar-refractivity contribution in [3.63, 3.8) is 0 Å². The second-order valence-corrected chi connectivity index (χ2v) is 45.0. The Labute approximate surface area is 556 Å². The Morgan fingerprint density at radius 2 is 0.548 bits per heavy atom. The third kappa shape index (κ3) is 86.5. The van der Waals surface area contributed by atoms with E-state index < -0.39 is 28.5 Å². The third-order valence-electron chi connectivity index (χ3n) is 4.54. The van der Waals surface area contributed by atoms with E-state index in [2.05, 4.69) is 65.2 Å². The van der Waals surface area contributed by atoms with E-state index >= 15 is 0 Å². The zero-order valence-electron chi connectivity index (χ0n) is 41.9. The van der Waals surface area contributed by atoms with Crippen LogP contribution in [0.15, 0.2) is 0 Å². The van der Waals surface area contributed by atoms with Crippen molar-refractivity contribution in [2.45, 2.75) is 111 Å². The minimum atomic E-state index is -2.80. The van der Waals surface area contributed by atoms with Crippen LogP contribution in [0.4, 0.5) is 0 Å². The summed E-state index contributed by atoms with van der Waals surface area (Å²) in [5.74, 6) is 6.58. The molecule has 5 atom stereocenters. The van der Waals surface area contributed by atoms with E-state index in [4.69, 9.17) is 58.0 Å². The number of rotatable bonds is 26. The van der Waals surface area contributed by atoms with Crippen LogP contribution in [0.2, 0.25) is 0 Å². The van der Waals surface area contributed by atoms with Crippen molar-refractivity contribution >= 4 is 144 Å². The van der Waals surface area contributed by atoms with Gasteiger partial charge in [0, 0.05) is 58.9 Å². The molecule has 0 rings (SSSR count). The Kier molecular flexibility index (Phi) is 86.7. The SMILES string of the molecule is CC(C)COP([O-])(=S)SCC(C)C.CC(C)COP([O-])(=S)SCC(C)C.CC(C)COP([O-])(=S)SCC(C)C.CCOP([O-])(=S)SCC.CCOP([O-])(=S)SCC.[K+].[K+].[NH4+].[Na+].[Na+]. The summed E-state index contributed by atoms with van der Waals surface area (Å²) in [4.78, 5) is 56.7. The zero-order valence-corrected chi connectivity index (χ0v) is 64.8. The molecule has 0 heterocycles. The maximum atomic E-state index is 11.6. The molecule has 0 aliphatic carbocycles. The van der Waals surface area contributed by atoms with Gasteiger partial charge in [-0.25, -0.2) is 0 Å². The molecule has 62 heavy (non-hydrogen) atoms. The van der Waals surface area contributed by atoms with Crippen LogP contribution in [0.1, 0.15) is 111 Å². The van der Waals surface area contributed by atoms with Gasteiger partial charge in [0.2, 0.25) is 0 Å². The predicted octanol–water partition coefficient (Wildman–Crippen LogP) is -0.987. The van der Waals surface area contributed by atoms with E-state index in [0.717, 1.165) is 28.8 Å². The van der Waals surface area contributed by atoms with Crippen molar-refractivity contribution in [2.75, 3.05) is 61.8 Å². The first-order valence-corrected chi connectivity index (χ1v) is 39.9. The van der Waals surface area contributed by atoms with Crippen LogP contribution in [0.3, 0.4) is 0 Å². The Hall–Kier alpha value is 9.83. The smallest absolute Gasteiger partial charge is 0.793 e. The molecule has 30 heteroatoms. The van der Waals surface area contributed by atoms with E-state index in [0.29, 0.717) is 68.5 Å². The van der Waals surface area contributed by atoms with Gasteiger partial charge in [0.1, 0.15) is 0 Å². The first kappa shape index (κ1) is 94.3. The summed E-state index contributed by atoms with van der Waals surface area (Å²) in [5, 5.41) is 0. The fourth-order valence-corrected chi connectivity index (χ4v) is 20.0. The molecular formula is C32H78K2NNa2O10P5S10. The average molecular weight is 1240 g/mol. The normalized spacial score (nSPS) is 15.4. The Balaban J connectivity index is -0.0000000674. The standard InChI is InChI=1S/3C8H19O2PS2.2C4H11O2PS2.2K.H3N.2Na/c3*1-7(2)5-10-11(9,12)13-6-8(3)4;2*1-3-6-7(5,8)9-4-2;;;;;/h3*7-8H,5-6H2,1-4H3,(H,9,12);2*3-4H2,1-2H3,(H,5,8);;;1H3;;/q;;;;;2*+1;;2*+1/p-4. The largest absolute Gasteiger partial charge is 1.00 e. The molecule has 0 saturated carbocycles. The number of hydrogen-bond donors (Lipinski definition) is 1. The Morgan fingerprint density at radius 3 is 0.677 bits per heavy atom. The van der Waals surface area contributed by atoms with Gasteiger partial charge in [-0.2, -0.15) is 0 Å². The molecule has 4 N–H and O–H groups in total. The van der Waals surface area contributed by atoms with Gasteiger partial charge in [-0.15, -0.1) is 56.9 Å². The molecule has 0 fully saturated rings. The van der Waals surface area contributed by atoms with Gasteiger partial charge in [-0.1, -0.05) is 156 Å². The second-order valence-electron chi connectivity index (χ2n) is 14.0. The maximum absolute atomic E-state index is 11.6. The Bertz CT molecular complexity index is 1030. The fraction of sp³-hybridized carbons (Fsp3) is 1.00. The van der Waals surface area contributed by atoms with Crippen LogP contribution in [0.25, 0.3) is 0 Å². The van der Waals surface area contributed by atoms with Crippen LogP contribution < -0.4 is 193 Å². The molecule has 0 amide bonds. The van der Waals surface area contributed by atoms with Crippen LogP contribution in [0.5, 0.6) is 0 Å². The summed E-state index contributed by atoms with van der Waals surface area (Å²) in [6, 6.07) is 0. The summed E-state index contributed by atoms with van der Waals surface area (Å²) in [7, 11) is 0. The number of quaternary nitrogens is 1. The maximum Gasteiger partial charge on any atom is 1.00 e. The molecule has 0 aromatic heterocycles. The Morgan fingerprint density at radius 1 is 0.371 bits per heavy atom. The molecule has 360 valence electrons. The molecule has 0 spiro atoms. The second kappa shape index (κ2) is 57.0. The quantitative estimate of drug-likeness (QED) is 0.0818. The van der Waals surface area contributed by atoms with E-state index in [1.54, 1.807) is 13.8 Å². The molecule has 0 aromatic carbocycles. The fourth-order valence-electron chi connectivity index (χ4n) is 2.26. The zero-order chi connectivity index (χ0) is 46.1. The molecule has 0 aliphatic rings. The van der Waals surface area contributed by atoms with Crippen molar-refractivity contribution in [1.29, 1.82) is 0 Å². The molecule has 0 radical (unpaired) electrons. The van der Waals surface area contributed by atoms with Gasteiger partial charge >= 0.3 is 162 Å².